The summed E-state index contributed by atoms with van der Waals surface area (Å²) in [6.07, 6.45) is 1.64. The van der Waals surface area contributed by atoms with Crippen LogP contribution in [-0.4, -0.2) is 12.9 Å². The number of ether oxygens (including phenoxy) is 1. The van der Waals surface area contributed by atoms with Crippen LogP contribution in [0.5, 0.6) is 5.75 Å². The summed E-state index contributed by atoms with van der Waals surface area (Å²) in [4.78, 5) is 1.30. The smallest absolute Gasteiger partial charge is 0.119 e. The molecule has 84 valence electrons. The first-order chi connectivity index (χ1) is 7.69. The molecule has 1 atom stereocenters. The lowest BCUT2D eigenvalue weighted by Gasteiger charge is -2.33. The number of methoxy groups -OCH3 is 1. The molecule has 2 rings (SSSR count). The molecule has 0 amide bonds. The molecular formula is C13H15NOS. The summed E-state index contributed by atoms with van der Waals surface area (Å²) in [6, 6.07) is 8.48. The molecule has 1 aromatic carbocycles. The average molecular weight is 233 g/mol. The van der Waals surface area contributed by atoms with Crippen molar-refractivity contribution in [1.29, 1.82) is 5.26 Å². The van der Waals surface area contributed by atoms with E-state index in [1.807, 2.05) is 17.8 Å². The van der Waals surface area contributed by atoms with Gasteiger partial charge in [-0.05, 0) is 35.9 Å². The highest BCUT2D eigenvalue weighted by molar-refractivity contribution is 7.99. The minimum absolute atomic E-state index is 0.0100. The molecule has 3 heteroatoms. The highest BCUT2D eigenvalue weighted by Gasteiger charge is 2.32. The van der Waals surface area contributed by atoms with Gasteiger partial charge in [-0.1, -0.05) is 6.92 Å². The second kappa shape index (κ2) is 4.39. The van der Waals surface area contributed by atoms with Gasteiger partial charge in [0.2, 0.25) is 0 Å². The van der Waals surface area contributed by atoms with E-state index >= 15 is 0 Å². The fourth-order valence-electron chi connectivity index (χ4n) is 2.11. The van der Waals surface area contributed by atoms with Gasteiger partial charge in [0, 0.05) is 16.7 Å². The van der Waals surface area contributed by atoms with Gasteiger partial charge in [-0.15, -0.1) is 11.8 Å². The standard InChI is InChI=1S/C13H15NOS/c1-13(5-7-14)6-8-16-12-4-3-10(15-2)9-11(12)13/h3-4,9H,5-6,8H2,1-2H3. The molecule has 0 spiro atoms. The maximum atomic E-state index is 8.95. The summed E-state index contributed by atoms with van der Waals surface area (Å²) in [6.45, 7) is 2.17. The first-order valence-electron chi connectivity index (χ1n) is 5.38. The first kappa shape index (κ1) is 11.3. The molecule has 0 saturated heterocycles. The normalized spacial score (nSPS) is 23.3. The highest BCUT2D eigenvalue weighted by Crippen LogP contribution is 2.44. The minimum Gasteiger partial charge on any atom is -0.497 e. The number of nitriles is 1. The maximum absolute atomic E-state index is 8.95. The molecular weight excluding hydrogens is 218 g/mol. The van der Waals surface area contributed by atoms with Crippen LogP contribution >= 0.6 is 11.8 Å². The summed E-state index contributed by atoms with van der Waals surface area (Å²) < 4.78 is 5.26. The van der Waals surface area contributed by atoms with E-state index in [4.69, 9.17) is 10.00 Å². The fourth-order valence-corrected chi connectivity index (χ4v) is 3.51. The monoisotopic (exact) mass is 233 g/mol. The van der Waals surface area contributed by atoms with Crippen molar-refractivity contribution in [2.45, 2.75) is 30.1 Å². The third kappa shape index (κ3) is 1.90. The first-order valence-corrected chi connectivity index (χ1v) is 6.36. The zero-order chi connectivity index (χ0) is 11.6. The Morgan fingerprint density at radius 2 is 2.38 bits per heavy atom. The lowest BCUT2D eigenvalue weighted by Crippen LogP contribution is -2.26. The van der Waals surface area contributed by atoms with Crippen LogP contribution in [-0.2, 0) is 5.41 Å². The molecule has 1 aliphatic heterocycles. The number of nitrogens with zero attached hydrogens (tertiary/aromatic N) is 1. The SMILES string of the molecule is COc1ccc2c(c1)C(C)(CC#N)CCS2. The van der Waals surface area contributed by atoms with Gasteiger partial charge in [0.1, 0.15) is 5.75 Å². The van der Waals surface area contributed by atoms with Gasteiger partial charge < -0.3 is 4.74 Å². The molecule has 2 nitrogen and oxygen atoms in total. The van der Waals surface area contributed by atoms with Gasteiger partial charge in [-0.25, -0.2) is 0 Å². The third-order valence-electron chi connectivity index (χ3n) is 3.22. The van der Waals surface area contributed by atoms with Crippen LogP contribution in [0, 0.1) is 11.3 Å². The van der Waals surface area contributed by atoms with Gasteiger partial charge in [0.15, 0.2) is 0 Å². The zero-order valence-electron chi connectivity index (χ0n) is 9.62. The molecule has 0 bridgehead atoms. The molecule has 16 heavy (non-hydrogen) atoms. The van der Waals surface area contributed by atoms with Crippen LogP contribution in [0.15, 0.2) is 23.1 Å². The molecule has 0 aromatic heterocycles. The highest BCUT2D eigenvalue weighted by atomic mass is 32.2. The number of benzene rings is 1. The van der Waals surface area contributed by atoms with Gasteiger partial charge in [-0.3, -0.25) is 0 Å². The van der Waals surface area contributed by atoms with E-state index < -0.39 is 0 Å². The molecule has 0 N–H and O–H groups in total. The summed E-state index contributed by atoms with van der Waals surface area (Å²) in [5, 5.41) is 8.95. The van der Waals surface area contributed by atoms with Crippen LogP contribution < -0.4 is 4.74 Å². The van der Waals surface area contributed by atoms with Crippen LogP contribution in [0.1, 0.15) is 25.3 Å². The maximum Gasteiger partial charge on any atom is 0.119 e. The molecule has 0 fully saturated rings. The van der Waals surface area contributed by atoms with E-state index in [2.05, 4.69) is 25.1 Å². The Morgan fingerprint density at radius 3 is 3.06 bits per heavy atom. The zero-order valence-corrected chi connectivity index (χ0v) is 10.4. The third-order valence-corrected chi connectivity index (χ3v) is 4.29. The predicted molar refractivity (Wildman–Crippen MR) is 65.9 cm³/mol. The Labute approximate surface area is 101 Å². The van der Waals surface area contributed by atoms with E-state index in [1.54, 1.807) is 7.11 Å². The number of hydrogen-bond acceptors (Lipinski definition) is 3. The van der Waals surface area contributed by atoms with E-state index in [-0.39, 0.29) is 5.41 Å². The Morgan fingerprint density at radius 1 is 1.56 bits per heavy atom. The molecule has 0 saturated carbocycles. The van der Waals surface area contributed by atoms with Crippen molar-refractivity contribution >= 4 is 11.8 Å². The topological polar surface area (TPSA) is 33.0 Å². The number of hydrogen-bond donors (Lipinski definition) is 0. The summed E-state index contributed by atoms with van der Waals surface area (Å²) in [5.41, 5.74) is 1.26. The van der Waals surface area contributed by atoms with E-state index in [9.17, 15) is 0 Å². The van der Waals surface area contributed by atoms with Gasteiger partial charge >= 0.3 is 0 Å². The fraction of sp³-hybridized carbons (Fsp3) is 0.462. The summed E-state index contributed by atoms with van der Waals surface area (Å²) in [5.74, 6) is 1.97. The largest absolute Gasteiger partial charge is 0.497 e. The summed E-state index contributed by atoms with van der Waals surface area (Å²) >= 11 is 1.87. The number of thioether (sulfide) groups is 1. The van der Waals surface area contributed by atoms with Crippen molar-refractivity contribution in [1.82, 2.24) is 0 Å². The Balaban J connectivity index is 2.47. The molecule has 1 unspecified atom stereocenters. The van der Waals surface area contributed by atoms with Crippen molar-refractivity contribution < 1.29 is 4.74 Å². The summed E-state index contributed by atoms with van der Waals surface area (Å²) in [7, 11) is 1.68. The van der Waals surface area contributed by atoms with Crippen LogP contribution in [0.2, 0.25) is 0 Å². The minimum atomic E-state index is -0.0100. The van der Waals surface area contributed by atoms with Crippen LogP contribution in [0.4, 0.5) is 0 Å². The molecule has 1 heterocycles. The van der Waals surface area contributed by atoms with E-state index in [0.29, 0.717) is 6.42 Å². The molecule has 1 aromatic rings. The molecule has 0 aliphatic carbocycles. The molecule has 0 radical (unpaired) electrons. The van der Waals surface area contributed by atoms with E-state index in [1.165, 1.54) is 10.5 Å². The van der Waals surface area contributed by atoms with E-state index in [0.717, 1.165) is 17.9 Å². The Kier molecular flexibility index (Phi) is 3.11. The van der Waals surface area contributed by atoms with Gasteiger partial charge in [0.05, 0.1) is 13.2 Å². The van der Waals surface area contributed by atoms with Crippen LogP contribution in [0.25, 0.3) is 0 Å². The molecule has 1 aliphatic rings. The predicted octanol–water partition coefficient (Wildman–Crippen LogP) is 3.36. The Bertz CT molecular complexity index is 438. The Hall–Kier alpha value is -1.14. The van der Waals surface area contributed by atoms with Crippen molar-refractivity contribution in [3.05, 3.63) is 23.8 Å². The van der Waals surface area contributed by atoms with Crippen molar-refractivity contribution in [3.63, 3.8) is 0 Å². The van der Waals surface area contributed by atoms with Gasteiger partial charge in [-0.2, -0.15) is 5.26 Å². The quantitative estimate of drug-likeness (QED) is 0.785. The van der Waals surface area contributed by atoms with Crippen LogP contribution in [0.3, 0.4) is 0 Å². The lowest BCUT2D eigenvalue weighted by molar-refractivity contribution is 0.406. The van der Waals surface area contributed by atoms with Crippen molar-refractivity contribution in [3.8, 4) is 11.8 Å². The second-order valence-electron chi connectivity index (χ2n) is 4.36. The second-order valence-corrected chi connectivity index (χ2v) is 5.49. The van der Waals surface area contributed by atoms with Gasteiger partial charge in [0.25, 0.3) is 0 Å². The average Bonchev–Trinajstić information content (AvgIpc) is 2.29. The lowest BCUT2D eigenvalue weighted by atomic mass is 9.77. The number of rotatable bonds is 2. The van der Waals surface area contributed by atoms with Crippen molar-refractivity contribution in [2.24, 2.45) is 0 Å². The number of fused-ring (bicyclic) bond motifs is 1. The van der Waals surface area contributed by atoms with Crippen molar-refractivity contribution in [2.75, 3.05) is 12.9 Å².